The minimum absolute atomic E-state index is 0.000732. The maximum absolute atomic E-state index is 10.8. The lowest BCUT2D eigenvalue weighted by atomic mass is 10.1. The van der Waals surface area contributed by atoms with Gasteiger partial charge in [-0.15, -0.1) is 0 Å². The van der Waals surface area contributed by atoms with E-state index in [4.69, 9.17) is 27.9 Å². The zero-order valence-corrected chi connectivity index (χ0v) is 14.9. The highest BCUT2D eigenvalue weighted by molar-refractivity contribution is 6.33. The molecule has 2 aromatic rings. The quantitative estimate of drug-likeness (QED) is 0.563. The van der Waals surface area contributed by atoms with Gasteiger partial charge in [0.15, 0.2) is 0 Å². The van der Waals surface area contributed by atoms with Crippen molar-refractivity contribution in [2.24, 2.45) is 0 Å². The molecule has 2 heterocycles. The molecule has 0 spiro atoms. The molecule has 25 heavy (non-hydrogen) atoms. The highest BCUT2D eigenvalue weighted by Gasteiger charge is 2.22. The summed E-state index contributed by atoms with van der Waals surface area (Å²) >= 11 is 12.3. The average molecular weight is 382 g/mol. The fraction of sp³-hybridized carbons (Fsp3) is 0.353. The molecule has 0 aliphatic carbocycles. The number of nitro groups is 1. The van der Waals surface area contributed by atoms with Crippen molar-refractivity contribution in [2.45, 2.75) is 25.6 Å². The smallest absolute Gasteiger partial charge is 0.271 e. The molecule has 1 aromatic carbocycles. The molecule has 0 bridgehead atoms. The van der Waals surface area contributed by atoms with Gasteiger partial charge < -0.3 is 9.64 Å². The zero-order valence-electron chi connectivity index (χ0n) is 13.4. The number of piperidine rings is 1. The summed E-state index contributed by atoms with van der Waals surface area (Å²) in [6.07, 6.45) is 3.52. The number of hydrogen-bond acceptors (Lipinski definition) is 5. The van der Waals surface area contributed by atoms with E-state index in [0.717, 1.165) is 37.3 Å². The average Bonchev–Trinajstić information content (AvgIpc) is 2.61. The molecule has 0 atom stereocenters. The number of pyridine rings is 1. The van der Waals surface area contributed by atoms with E-state index in [9.17, 15) is 10.1 Å². The van der Waals surface area contributed by atoms with Crippen molar-refractivity contribution < 1.29 is 9.66 Å². The summed E-state index contributed by atoms with van der Waals surface area (Å²) in [5.74, 6) is 0. The van der Waals surface area contributed by atoms with Gasteiger partial charge >= 0.3 is 0 Å². The van der Waals surface area contributed by atoms with Crippen LogP contribution in [0, 0.1) is 10.1 Å². The second-order valence-electron chi connectivity index (χ2n) is 5.82. The molecule has 0 N–H and O–H groups in total. The minimum atomic E-state index is -0.446. The lowest BCUT2D eigenvalue weighted by molar-refractivity contribution is -0.384. The van der Waals surface area contributed by atoms with Crippen molar-refractivity contribution in [3.05, 3.63) is 62.4 Å². The van der Waals surface area contributed by atoms with Gasteiger partial charge in [-0.1, -0.05) is 23.2 Å². The zero-order chi connectivity index (χ0) is 17.8. The number of nitrogens with zero attached hydrogens (tertiary/aromatic N) is 3. The van der Waals surface area contributed by atoms with Gasteiger partial charge in [-0.2, -0.15) is 0 Å². The number of hydrogen-bond donors (Lipinski definition) is 0. The van der Waals surface area contributed by atoms with E-state index < -0.39 is 4.92 Å². The molecule has 0 saturated carbocycles. The third kappa shape index (κ3) is 4.39. The van der Waals surface area contributed by atoms with Gasteiger partial charge in [0.1, 0.15) is 0 Å². The Labute approximate surface area is 155 Å². The highest BCUT2D eigenvalue weighted by atomic mass is 35.5. The molecule has 0 unspecified atom stereocenters. The molecule has 1 aliphatic rings. The van der Waals surface area contributed by atoms with E-state index >= 15 is 0 Å². The second kappa shape index (κ2) is 7.99. The Morgan fingerprint density at radius 1 is 1.24 bits per heavy atom. The molecule has 0 radical (unpaired) electrons. The minimum Gasteiger partial charge on any atom is -0.372 e. The molecule has 0 amide bonds. The van der Waals surface area contributed by atoms with Crippen LogP contribution >= 0.6 is 23.2 Å². The van der Waals surface area contributed by atoms with Gasteiger partial charge in [-0.3, -0.25) is 15.1 Å². The summed E-state index contributed by atoms with van der Waals surface area (Å²) < 4.78 is 5.92. The standard InChI is InChI=1S/C17H17Cl2N3O3/c18-14-2-1-7-20-16(14)11-25-13-5-8-21(9-6-13)17-4-3-12(22(23)24)10-15(17)19/h1-4,7,10,13H,5-6,8-9,11H2. The number of ether oxygens (including phenoxy) is 1. The van der Waals surface area contributed by atoms with Crippen molar-refractivity contribution in [1.82, 2.24) is 4.98 Å². The van der Waals surface area contributed by atoms with Crippen LogP contribution in [0.5, 0.6) is 0 Å². The number of nitro benzene ring substituents is 1. The third-order valence-corrected chi connectivity index (χ3v) is 4.86. The summed E-state index contributed by atoms with van der Waals surface area (Å²) in [7, 11) is 0. The van der Waals surface area contributed by atoms with Crippen LogP contribution in [0.3, 0.4) is 0 Å². The molecule has 1 aromatic heterocycles. The SMILES string of the molecule is O=[N+]([O-])c1ccc(N2CCC(OCc3ncccc3Cl)CC2)c(Cl)c1. The Bertz CT molecular complexity index is 765. The first-order valence-electron chi connectivity index (χ1n) is 7.94. The molecular formula is C17H17Cl2N3O3. The number of anilines is 1. The molecular weight excluding hydrogens is 365 g/mol. The van der Waals surface area contributed by atoms with Crippen LogP contribution in [-0.4, -0.2) is 29.1 Å². The topological polar surface area (TPSA) is 68.5 Å². The largest absolute Gasteiger partial charge is 0.372 e. The lowest BCUT2D eigenvalue weighted by Gasteiger charge is -2.34. The Kier molecular flexibility index (Phi) is 5.73. The Morgan fingerprint density at radius 3 is 2.64 bits per heavy atom. The second-order valence-corrected chi connectivity index (χ2v) is 6.64. The van der Waals surface area contributed by atoms with Gasteiger partial charge in [0, 0.05) is 31.4 Å². The van der Waals surface area contributed by atoms with Crippen molar-refractivity contribution in [3.8, 4) is 0 Å². The van der Waals surface area contributed by atoms with Crippen LogP contribution in [-0.2, 0) is 11.3 Å². The van der Waals surface area contributed by atoms with E-state index in [1.54, 1.807) is 24.4 Å². The maximum Gasteiger partial charge on any atom is 0.271 e. The predicted octanol–water partition coefficient (Wildman–Crippen LogP) is 4.48. The first kappa shape index (κ1) is 17.9. The van der Waals surface area contributed by atoms with Crippen LogP contribution in [0.2, 0.25) is 10.0 Å². The summed E-state index contributed by atoms with van der Waals surface area (Å²) in [5, 5.41) is 11.8. The molecule has 3 rings (SSSR count). The Balaban J connectivity index is 1.55. The fourth-order valence-corrected chi connectivity index (χ4v) is 3.32. The van der Waals surface area contributed by atoms with Gasteiger partial charge in [-0.05, 0) is 31.0 Å². The van der Waals surface area contributed by atoms with E-state index in [1.165, 1.54) is 12.1 Å². The van der Waals surface area contributed by atoms with Crippen molar-refractivity contribution in [2.75, 3.05) is 18.0 Å². The summed E-state index contributed by atoms with van der Waals surface area (Å²) in [4.78, 5) is 16.7. The summed E-state index contributed by atoms with van der Waals surface area (Å²) in [6, 6.07) is 8.16. The van der Waals surface area contributed by atoms with E-state index in [2.05, 4.69) is 9.88 Å². The number of halogens is 2. The summed E-state index contributed by atoms with van der Waals surface area (Å²) in [6.45, 7) is 1.94. The van der Waals surface area contributed by atoms with Gasteiger partial charge in [-0.25, -0.2) is 0 Å². The Hall–Kier alpha value is -1.89. The third-order valence-electron chi connectivity index (χ3n) is 4.22. The van der Waals surface area contributed by atoms with Crippen molar-refractivity contribution in [1.29, 1.82) is 0 Å². The fourth-order valence-electron chi connectivity index (χ4n) is 2.85. The molecule has 1 fully saturated rings. The van der Waals surface area contributed by atoms with Crippen LogP contribution in [0.25, 0.3) is 0 Å². The van der Waals surface area contributed by atoms with E-state index in [-0.39, 0.29) is 11.8 Å². The first-order chi connectivity index (χ1) is 12.0. The van der Waals surface area contributed by atoms with Crippen molar-refractivity contribution in [3.63, 3.8) is 0 Å². The number of non-ortho nitro benzene ring substituents is 1. The normalized spacial score (nSPS) is 15.4. The highest BCUT2D eigenvalue weighted by Crippen LogP contribution is 2.32. The van der Waals surface area contributed by atoms with Gasteiger partial charge in [0.25, 0.3) is 5.69 Å². The molecule has 6 nitrogen and oxygen atoms in total. The monoisotopic (exact) mass is 381 g/mol. The molecule has 8 heteroatoms. The van der Waals surface area contributed by atoms with Crippen molar-refractivity contribution >= 4 is 34.6 Å². The van der Waals surface area contributed by atoms with Gasteiger partial charge in [0.05, 0.1) is 39.1 Å². The number of benzene rings is 1. The number of aromatic nitrogens is 1. The molecule has 132 valence electrons. The lowest BCUT2D eigenvalue weighted by Crippen LogP contribution is -2.37. The predicted molar refractivity (Wildman–Crippen MR) is 97.4 cm³/mol. The van der Waals surface area contributed by atoms with Crippen LogP contribution < -0.4 is 4.90 Å². The summed E-state index contributed by atoms with van der Waals surface area (Å²) in [5.41, 5.74) is 1.56. The van der Waals surface area contributed by atoms with Gasteiger partial charge in [0.2, 0.25) is 0 Å². The molecule has 1 saturated heterocycles. The number of rotatable bonds is 5. The van der Waals surface area contributed by atoms with E-state index in [0.29, 0.717) is 16.7 Å². The Morgan fingerprint density at radius 2 is 2.00 bits per heavy atom. The first-order valence-corrected chi connectivity index (χ1v) is 8.70. The van der Waals surface area contributed by atoms with Crippen LogP contribution in [0.15, 0.2) is 36.5 Å². The van der Waals surface area contributed by atoms with Crippen LogP contribution in [0.1, 0.15) is 18.5 Å². The van der Waals surface area contributed by atoms with Crippen LogP contribution in [0.4, 0.5) is 11.4 Å². The molecule has 1 aliphatic heterocycles. The maximum atomic E-state index is 10.8. The van der Waals surface area contributed by atoms with E-state index in [1.807, 2.05) is 0 Å².